The van der Waals surface area contributed by atoms with Gasteiger partial charge in [0.15, 0.2) is 5.78 Å². The Hall–Kier alpha value is -0.550. The zero-order valence-electron chi connectivity index (χ0n) is 8.53. The third-order valence-electron chi connectivity index (χ3n) is 2.02. The summed E-state index contributed by atoms with van der Waals surface area (Å²) in [5.74, 6) is -0.313. The van der Waals surface area contributed by atoms with Crippen molar-refractivity contribution in [1.82, 2.24) is 0 Å². The standard InChI is InChI=1S/C10H10ClF3OS/c1-6-5-16-9(8(6)11)7(15)3-2-4-10(12,13)14/h5H,2-4H2,1H3. The van der Waals surface area contributed by atoms with Crippen LogP contribution in [0.3, 0.4) is 0 Å². The van der Waals surface area contributed by atoms with Gasteiger partial charge >= 0.3 is 6.18 Å². The van der Waals surface area contributed by atoms with Crippen molar-refractivity contribution >= 4 is 28.7 Å². The SMILES string of the molecule is Cc1csc(C(=O)CCCC(F)(F)F)c1Cl. The van der Waals surface area contributed by atoms with Gasteiger partial charge in [-0.05, 0) is 24.3 Å². The second-order valence-electron chi connectivity index (χ2n) is 3.45. The van der Waals surface area contributed by atoms with E-state index >= 15 is 0 Å². The van der Waals surface area contributed by atoms with Crippen LogP contribution in [-0.4, -0.2) is 12.0 Å². The van der Waals surface area contributed by atoms with Gasteiger partial charge in [0.1, 0.15) is 0 Å². The van der Waals surface area contributed by atoms with Gasteiger partial charge in [0.2, 0.25) is 0 Å². The second kappa shape index (κ2) is 5.19. The van der Waals surface area contributed by atoms with Crippen LogP contribution in [0.1, 0.15) is 34.5 Å². The molecule has 0 saturated heterocycles. The average molecular weight is 271 g/mol. The summed E-state index contributed by atoms with van der Waals surface area (Å²) in [5.41, 5.74) is 0.783. The van der Waals surface area contributed by atoms with Crippen molar-refractivity contribution in [2.45, 2.75) is 32.4 Å². The monoisotopic (exact) mass is 270 g/mol. The highest BCUT2D eigenvalue weighted by atomic mass is 35.5. The van der Waals surface area contributed by atoms with Crippen molar-refractivity contribution in [2.75, 3.05) is 0 Å². The number of ketones is 1. The molecule has 90 valence electrons. The summed E-state index contributed by atoms with van der Waals surface area (Å²) in [6.07, 6.45) is -5.43. The predicted molar refractivity (Wildman–Crippen MR) is 58.3 cm³/mol. The normalized spacial score (nSPS) is 11.8. The number of thiophene rings is 1. The highest BCUT2D eigenvalue weighted by Crippen LogP contribution is 2.29. The number of halogens is 4. The maximum absolute atomic E-state index is 11.9. The largest absolute Gasteiger partial charge is 0.389 e. The van der Waals surface area contributed by atoms with Gasteiger partial charge in [-0.1, -0.05) is 11.6 Å². The second-order valence-corrected chi connectivity index (χ2v) is 4.71. The highest BCUT2D eigenvalue weighted by molar-refractivity contribution is 7.13. The van der Waals surface area contributed by atoms with E-state index in [0.29, 0.717) is 9.90 Å². The number of hydrogen-bond donors (Lipinski definition) is 0. The van der Waals surface area contributed by atoms with E-state index in [1.807, 2.05) is 0 Å². The topological polar surface area (TPSA) is 17.1 Å². The molecular formula is C10H10ClF3OS. The molecule has 1 heterocycles. The maximum atomic E-state index is 11.9. The molecule has 0 unspecified atom stereocenters. The Morgan fingerprint density at radius 1 is 1.50 bits per heavy atom. The summed E-state index contributed by atoms with van der Waals surface area (Å²) in [4.78, 5) is 11.9. The molecule has 16 heavy (non-hydrogen) atoms. The van der Waals surface area contributed by atoms with E-state index in [1.54, 1.807) is 12.3 Å². The van der Waals surface area contributed by atoms with Crippen LogP contribution in [0.2, 0.25) is 5.02 Å². The lowest BCUT2D eigenvalue weighted by Crippen LogP contribution is -2.08. The van der Waals surface area contributed by atoms with Gasteiger partial charge in [-0.2, -0.15) is 13.2 Å². The van der Waals surface area contributed by atoms with E-state index in [0.717, 1.165) is 5.56 Å². The molecule has 6 heteroatoms. The Balaban J connectivity index is 2.51. The summed E-state index contributed by atoms with van der Waals surface area (Å²) < 4.78 is 35.6. The molecule has 0 fully saturated rings. The quantitative estimate of drug-likeness (QED) is 0.729. The fourth-order valence-electron chi connectivity index (χ4n) is 1.18. The fraction of sp³-hybridized carbons (Fsp3) is 0.500. The molecule has 0 aromatic carbocycles. The molecule has 0 spiro atoms. The number of carbonyl (C=O) groups excluding carboxylic acids is 1. The number of aryl methyl sites for hydroxylation is 1. The first-order valence-electron chi connectivity index (χ1n) is 4.65. The van der Waals surface area contributed by atoms with Crippen LogP contribution >= 0.6 is 22.9 Å². The Morgan fingerprint density at radius 2 is 2.12 bits per heavy atom. The van der Waals surface area contributed by atoms with Crippen LogP contribution in [0.5, 0.6) is 0 Å². The zero-order chi connectivity index (χ0) is 12.3. The maximum Gasteiger partial charge on any atom is 0.389 e. The van der Waals surface area contributed by atoms with Crippen LogP contribution in [0.25, 0.3) is 0 Å². The number of Topliss-reactive ketones (excluding diaryl/α,β-unsaturated/α-hetero) is 1. The third kappa shape index (κ3) is 3.79. The van der Waals surface area contributed by atoms with Gasteiger partial charge in [-0.15, -0.1) is 11.3 Å². The lowest BCUT2D eigenvalue weighted by molar-refractivity contribution is -0.135. The molecule has 0 aliphatic carbocycles. The van der Waals surface area contributed by atoms with E-state index in [9.17, 15) is 18.0 Å². The first-order valence-corrected chi connectivity index (χ1v) is 5.90. The van der Waals surface area contributed by atoms with Crippen molar-refractivity contribution in [2.24, 2.45) is 0 Å². The number of alkyl halides is 3. The zero-order valence-corrected chi connectivity index (χ0v) is 10.1. The van der Waals surface area contributed by atoms with Crippen LogP contribution in [0.4, 0.5) is 13.2 Å². The summed E-state index contributed by atoms with van der Waals surface area (Å²) in [6, 6.07) is 0. The van der Waals surface area contributed by atoms with Gasteiger partial charge in [0, 0.05) is 12.8 Å². The number of carbonyl (C=O) groups is 1. The molecule has 1 aromatic heterocycles. The minimum atomic E-state index is -4.20. The van der Waals surface area contributed by atoms with Gasteiger partial charge in [-0.3, -0.25) is 4.79 Å². The summed E-state index contributed by atoms with van der Waals surface area (Å²) in [5, 5.41) is 2.08. The fourth-order valence-corrected chi connectivity index (χ4v) is 2.45. The predicted octanol–water partition coefficient (Wildman–Crippen LogP) is 4.63. The average Bonchev–Trinajstić information content (AvgIpc) is 2.45. The minimum absolute atomic E-state index is 0.112. The van der Waals surface area contributed by atoms with E-state index in [4.69, 9.17) is 11.6 Å². The molecule has 0 aliphatic rings. The smallest absolute Gasteiger partial charge is 0.293 e. The Morgan fingerprint density at radius 3 is 2.56 bits per heavy atom. The van der Waals surface area contributed by atoms with Crippen molar-refractivity contribution in [3.63, 3.8) is 0 Å². The Labute approximate surface area is 100 Å². The van der Waals surface area contributed by atoms with Gasteiger partial charge in [-0.25, -0.2) is 0 Å². The van der Waals surface area contributed by atoms with Crippen LogP contribution in [0.15, 0.2) is 5.38 Å². The molecule has 1 aromatic rings. The summed E-state index contributed by atoms with van der Waals surface area (Å²) in [7, 11) is 0. The molecular weight excluding hydrogens is 261 g/mol. The Kier molecular flexibility index (Phi) is 4.38. The van der Waals surface area contributed by atoms with E-state index in [-0.39, 0.29) is 18.6 Å². The number of hydrogen-bond acceptors (Lipinski definition) is 2. The van der Waals surface area contributed by atoms with Gasteiger partial charge in [0.25, 0.3) is 0 Å². The first-order chi connectivity index (χ1) is 7.31. The molecule has 0 bridgehead atoms. The molecule has 0 saturated carbocycles. The van der Waals surface area contributed by atoms with Crippen LogP contribution in [-0.2, 0) is 0 Å². The minimum Gasteiger partial charge on any atom is -0.293 e. The lowest BCUT2D eigenvalue weighted by atomic mass is 10.1. The molecule has 0 radical (unpaired) electrons. The molecule has 0 amide bonds. The van der Waals surface area contributed by atoms with Crippen molar-refractivity contribution in [3.05, 3.63) is 20.8 Å². The molecule has 0 aliphatic heterocycles. The molecule has 0 N–H and O–H groups in total. The van der Waals surface area contributed by atoms with Gasteiger partial charge in [0.05, 0.1) is 9.90 Å². The summed E-state index contributed by atoms with van der Waals surface area (Å²) in [6.45, 7) is 1.76. The molecule has 1 nitrogen and oxygen atoms in total. The first kappa shape index (κ1) is 13.5. The summed E-state index contributed by atoms with van der Waals surface area (Å²) >= 11 is 7.02. The lowest BCUT2D eigenvalue weighted by Gasteiger charge is -2.04. The molecule has 1 rings (SSSR count). The van der Waals surface area contributed by atoms with Crippen molar-refractivity contribution < 1.29 is 18.0 Å². The molecule has 0 atom stereocenters. The highest BCUT2D eigenvalue weighted by Gasteiger charge is 2.27. The van der Waals surface area contributed by atoms with Gasteiger partial charge < -0.3 is 0 Å². The van der Waals surface area contributed by atoms with Crippen molar-refractivity contribution in [1.29, 1.82) is 0 Å². The van der Waals surface area contributed by atoms with Crippen LogP contribution < -0.4 is 0 Å². The van der Waals surface area contributed by atoms with Crippen LogP contribution in [0, 0.1) is 6.92 Å². The Bertz CT molecular complexity index is 384. The van der Waals surface area contributed by atoms with E-state index in [1.165, 1.54) is 11.3 Å². The van der Waals surface area contributed by atoms with E-state index < -0.39 is 12.6 Å². The third-order valence-corrected chi connectivity index (χ3v) is 3.75. The number of rotatable bonds is 4. The van der Waals surface area contributed by atoms with Crippen molar-refractivity contribution in [3.8, 4) is 0 Å². The van der Waals surface area contributed by atoms with E-state index in [2.05, 4.69) is 0 Å².